The van der Waals surface area contributed by atoms with Crippen molar-refractivity contribution in [3.05, 3.63) is 64.5 Å². The van der Waals surface area contributed by atoms with E-state index in [1.165, 1.54) is 37.9 Å². The van der Waals surface area contributed by atoms with Gasteiger partial charge in [0.15, 0.2) is 0 Å². The lowest BCUT2D eigenvalue weighted by Crippen LogP contribution is -2.13. The first kappa shape index (κ1) is 13.6. The van der Waals surface area contributed by atoms with E-state index in [9.17, 15) is 0 Å². The van der Waals surface area contributed by atoms with Gasteiger partial charge in [-0.1, -0.05) is 61.2 Å². The average Bonchev–Trinajstić information content (AvgIpc) is 2.50. The van der Waals surface area contributed by atoms with E-state index in [2.05, 4.69) is 76.4 Å². The van der Waals surface area contributed by atoms with Crippen molar-refractivity contribution >= 4 is 39.8 Å². The Morgan fingerprint density at radius 2 is 1.62 bits per heavy atom. The average molecular weight is 272 g/mol. The van der Waals surface area contributed by atoms with E-state index in [1.54, 1.807) is 0 Å². The molecule has 3 aromatic rings. The van der Waals surface area contributed by atoms with Gasteiger partial charge in [-0.05, 0) is 63.9 Å². The first-order chi connectivity index (χ1) is 10.1. The molecule has 0 amide bonds. The summed E-state index contributed by atoms with van der Waals surface area (Å²) < 4.78 is 0. The number of fused-ring (bicyclic) bond motifs is 3. The Morgan fingerprint density at radius 3 is 2.24 bits per heavy atom. The van der Waals surface area contributed by atoms with Crippen molar-refractivity contribution < 1.29 is 0 Å². The van der Waals surface area contributed by atoms with Crippen molar-refractivity contribution in [1.29, 1.82) is 0 Å². The van der Waals surface area contributed by atoms with Gasteiger partial charge >= 0.3 is 0 Å². The molecule has 0 aliphatic heterocycles. The van der Waals surface area contributed by atoms with Gasteiger partial charge in [-0.3, -0.25) is 0 Å². The third-order valence-electron chi connectivity index (χ3n) is 4.35. The Morgan fingerprint density at radius 1 is 1.00 bits per heavy atom. The maximum absolute atomic E-state index is 4.36. The highest BCUT2D eigenvalue weighted by Gasteiger charge is 2.10. The Bertz CT molecular complexity index is 988. The van der Waals surface area contributed by atoms with Gasteiger partial charge in [0.25, 0.3) is 0 Å². The van der Waals surface area contributed by atoms with Crippen LogP contribution >= 0.6 is 0 Å². The van der Waals surface area contributed by atoms with E-state index in [0.29, 0.717) is 0 Å². The molecule has 21 heavy (non-hydrogen) atoms. The number of aryl methyl sites for hydroxylation is 1. The number of hydrogen-bond acceptors (Lipinski definition) is 0. The first-order valence-electron chi connectivity index (χ1n) is 7.31. The maximum Gasteiger partial charge on any atom is -0.00332 e. The Hall–Kier alpha value is -2.34. The lowest BCUT2D eigenvalue weighted by Gasteiger charge is -2.13. The molecule has 0 saturated heterocycles. The van der Waals surface area contributed by atoms with Crippen LogP contribution in [0.1, 0.15) is 25.0 Å². The lowest BCUT2D eigenvalue weighted by molar-refractivity contribution is 1.48. The highest BCUT2D eigenvalue weighted by atomic mass is 14.1. The van der Waals surface area contributed by atoms with Crippen LogP contribution in [-0.2, 0) is 0 Å². The second-order valence-electron chi connectivity index (χ2n) is 5.67. The molecule has 0 N–H and O–H groups in total. The van der Waals surface area contributed by atoms with Crippen LogP contribution in [0.25, 0.3) is 39.8 Å². The summed E-state index contributed by atoms with van der Waals surface area (Å²) in [5, 5.41) is 7.51. The number of benzene rings is 3. The minimum Gasteiger partial charge on any atom is -0.0955 e. The minimum atomic E-state index is 1.09. The van der Waals surface area contributed by atoms with E-state index >= 15 is 0 Å². The van der Waals surface area contributed by atoms with Crippen molar-refractivity contribution in [2.75, 3.05) is 0 Å². The third kappa shape index (κ3) is 1.91. The molecule has 0 nitrogen and oxygen atoms in total. The molecule has 0 aromatic heterocycles. The molecule has 104 valence electrons. The van der Waals surface area contributed by atoms with Gasteiger partial charge in [-0.15, -0.1) is 0 Å². The standard InChI is InChI=1S/C21H20/c1-6-16-9-7-11-18-19-12-8-10-17(13(2)3)21(19)15(5)14(4)20(16)18/h6-12H,2,5H2,1,3-4H3/b16-6-. The topological polar surface area (TPSA) is 0 Å². The normalized spacial score (nSPS) is 12.2. The van der Waals surface area contributed by atoms with Gasteiger partial charge in [-0.25, -0.2) is 0 Å². The summed E-state index contributed by atoms with van der Waals surface area (Å²) in [5.41, 5.74) is 3.55. The molecule has 0 spiro atoms. The lowest BCUT2D eigenvalue weighted by atomic mass is 9.90. The molecule has 0 heterocycles. The highest BCUT2D eigenvalue weighted by Crippen LogP contribution is 2.28. The largest absolute Gasteiger partial charge is 0.0955 e. The van der Waals surface area contributed by atoms with Crippen LogP contribution in [0, 0.1) is 6.92 Å². The molecule has 0 heteroatoms. The molecule has 0 bridgehead atoms. The fourth-order valence-corrected chi connectivity index (χ4v) is 3.25. The van der Waals surface area contributed by atoms with Gasteiger partial charge in [-0.2, -0.15) is 0 Å². The minimum absolute atomic E-state index is 1.09. The van der Waals surface area contributed by atoms with Crippen molar-refractivity contribution in [3.8, 4) is 0 Å². The third-order valence-corrected chi connectivity index (χ3v) is 4.35. The molecule has 0 aliphatic carbocycles. The second-order valence-corrected chi connectivity index (χ2v) is 5.67. The monoisotopic (exact) mass is 272 g/mol. The molecular formula is C21H20. The molecule has 0 unspecified atom stereocenters. The predicted molar refractivity (Wildman–Crippen MR) is 95.8 cm³/mol. The fourth-order valence-electron chi connectivity index (χ4n) is 3.25. The summed E-state index contributed by atoms with van der Waals surface area (Å²) in [7, 11) is 0. The number of allylic oxidation sites excluding steroid dienone is 1. The van der Waals surface area contributed by atoms with Crippen LogP contribution < -0.4 is 10.4 Å². The summed E-state index contributed by atoms with van der Waals surface area (Å²) in [6, 6.07) is 13.0. The predicted octanol–water partition coefficient (Wildman–Crippen LogP) is 4.55. The Kier molecular flexibility index (Phi) is 3.17. The summed E-state index contributed by atoms with van der Waals surface area (Å²) >= 11 is 0. The van der Waals surface area contributed by atoms with E-state index in [4.69, 9.17) is 0 Å². The van der Waals surface area contributed by atoms with Crippen LogP contribution in [0.5, 0.6) is 0 Å². The zero-order chi connectivity index (χ0) is 15.1. The molecule has 3 rings (SSSR count). The van der Waals surface area contributed by atoms with Gasteiger partial charge in [0.05, 0.1) is 0 Å². The second kappa shape index (κ2) is 4.89. The van der Waals surface area contributed by atoms with Crippen molar-refractivity contribution in [1.82, 2.24) is 0 Å². The molecule has 0 fully saturated rings. The molecule has 3 aromatic carbocycles. The van der Waals surface area contributed by atoms with Crippen LogP contribution in [0.15, 0.2) is 43.0 Å². The maximum atomic E-state index is 4.36. The summed E-state index contributed by atoms with van der Waals surface area (Å²) in [6.07, 6.45) is 2.17. The van der Waals surface area contributed by atoms with Crippen LogP contribution in [-0.4, -0.2) is 0 Å². The smallest absolute Gasteiger partial charge is 0.00332 e. The van der Waals surface area contributed by atoms with Crippen LogP contribution in [0.3, 0.4) is 0 Å². The van der Waals surface area contributed by atoms with Crippen LogP contribution in [0.4, 0.5) is 0 Å². The van der Waals surface area contributed by atoms with Crippen molar-refractivity contribution in [2.24, 2.45) is 0 Å². The molecule has 0 saturated carbocycles. The van der Waals surface area contributed by atoms with E-state index < -0.39 is 0 Å². The van der Waals surface area contributed by atoms with Gasteiger partial charge in [0.2, 0.25) is 0 Å². The molecule has 0 atom stereocenters. The Labute approximate surface area is 125 Å². The zero-order valence-electron chi connectivity index (χ0n) is 13.0. The summed E-state index contributed by atoms with van der Waals surface area (Å²) in [4.78, 5) is 0. The van der Waals surface area contributed by atoms with Crippen molar-refractivity contribution in [2.45, 2.75) is 20.8 Å². The fraction of sp³-hybridized carbons (Fsp3) is 0.143. The van der Waals surface area contributed by atoms with Crippen molar-refractivity contribution in [3.63, 3.8) is 0 Å². The number of rotatable bonds is 1. The van der Waals surface area contributed by atoms with Gasteiger partial charge < -0.3 is 0 Å². The first-order valence-corrected chi connectivity index (χ1v) is 7.31. The zero-order valence-corrected chi connectivity index (χ0v) is 13.0. The van der Waals surface area contributed by atoms with Gasteiger partial charge in [0.1, 0.15) is 0 Å². The van der Waals surface area contributed by atoms with Crippen LogP contribution in [0.2, 0.25) is 0 Å². The Balaban J connectivity index is 2.75. The molecule has 0 radical (unpaired) electrons. The van der Waals surface area contributed by atoms with Gasteiger partial charge in [0, 0.05) is 0 Å². The quantitative estimate of drug-likeness (QED) is 0.570. The number of hydrogen-bond donors (Lipinski definition) is 0. The van der Waals surface area contributed by atoms with E-state index in [0.717, 1.165) is 10.8 Å². The molecular weight excluding hydrogens is 252 g/mol. The van der Waals surface area contributed by atoms with E-state index in [1.807, 2.05) is 0 Å². The SMILES string of the molecule is C=C(C)c1cccc2c1c(=C)c(C)c1/c(=C\C)cccc12. The summed E-state index contributed by atoms with van der Waals surface area (Å²) in [6.45, 7) is 14.8. The van der Waals surface area contributed by atoms with E-state index in [-0.39, 0.29) is 0 Å². The highest BCUT2D eigenvalue weighted by molar-refractivity contribution is 6.12. The molecule has 0 aliphatic rings. The summed E-state index contributed by atoms with van der Waals surface area (Å²) in [5.74, 6) is 0.